The van der Waals surface area contributed by atoms with E-state index >= 15 is 0 Å². The van der Waals surface area contributed by atoms with Gasteiger partial charge in [-0.25, -0.2) is 0 Å². The van der Waals surface area contributed by atoms with Crippen LogP contribution in [0.3, 0.4) is 0 Å². The maximum atomic E-state index is 5.99. The summed E-state index contributed by atoms with van der Waals surface area (Å²) in [6.07, 6.45) is 0. The third-order valence-electron chi connectivity index (χ3n) is 1.85. The van der Waals surface area contributed by atoms with Crippen molar-refractivity contribution in [2.75, 3.05) is 27.2 Å². The zero-order valence-electron chi connectivity index (χ0n) is 8.01. The lowest BCUT2D eigenvalue weighted by molar-refractivity contribution is 0.331. The first-order chi connectivity index (χ1) is 6.24. The average Bonchev–Trinajstić information content (AvgIpc) is 2.48. The highest BCUT2D eigenvalue weighted by Gasteiger charge is 2.04. The van der Waals surface area contributed by atoms with E-state index < -0.39 is 0 Å². The normalized spacial score (nSPS) is 11.1. The average molecular weight is 219 g/mol. The molecule has 1 rings (SSSR count). The van der Waals surface area contributed by atoms with Crippen LogP contribution < -0.4 is 5.32 Å². The molecule has 0 aromatic carbocycles. The third-order valence-corrected chi connectivity index (χ3v) is 3.22. The second kappa shape index (κ2) is 5.60. The fourth-order valence-electron chi connectivity index (χ4n) is 1.06. The number of thiophene rings is 1. The minimum Gasteiger partial charge on any atom is -0.318 e. The van der Waals surface area contributed by atoms with Crippen molar-refractivity contribution >= 4 is 22.9 Å². The van der Waals surface area contributed by atoms with E-state index in [1.54, 1.807) is 11.3 Å². The second-order valence-electron chi connectivity index (χ2n) is 3.03. The Balaban J connectivity index is 2.36. The van der Waals surface area contributed by atoms with Gasteiger partial charge in [-0.3, -0.25) is 4.90 Å². The Bertz CT molecular complexity index is 250. The molecule has 0 amide bonds. The summed E-state index contributed by atoms with van der Waals surface area (Å²) in [5.41, 5.74) is 0. The number of hydrogen-bond acceptors (Lipinski definition) is 3. The molecule has 0 unspecified atom stereocenters. The minimum absolute atomic E-state index is 0.890. The topological polar surface area (TPSA) is 15.3 Å². The van der Waals surface area contributed by atoms with Gasteiger partial charge in [-0.1, -0.05) is 11.6 Å². The van der Waals surface area contributed by atoms with Crippen LogP contribution in [-0.2, 0) is 6.54 Å². The summed E-state index contributed by atoms with van der Waals surface area (Å²) in [7, 11) is 4.07. The Hall–Kier alpha value is -0.0900. The fraction of sp³-hybridized carbons (Fsp3) is 0.556. The van der Waals surface area contributed by atoms with Crippen molar-refractivity contribution in [1.82, 2.24) is 10.2 Å². The van der Waals surface area contributed by atoms with Gasteiger partial charge in [-0.05, 0) is 25.5 Å². The minimum atomic E-state index is 0.890. The van der Waals surface area contributed by atoms with Crippen LogP contribution in [0, 0.1) is 0 Å². The number of rotatable bonds is 5. The predicted molar refractivity (Wildman–Crippen MR) is 59.6 cm³/mol. The molecule has 74 valence electrons. The van der Waals surface area contributed by atoms with Crippen LogP contribution in [0.25, 0.3) is 0 Å². The van der Waals surface area contributed by atoms with Crippen LogP contribution in [0.1, 0.15) is 4.88 Å². The van der Waals surface area contributed by atoms with E-state index in [0.29, 0.717) is 0 Å². The lowest BCUT2D eigenvalue weighted by atomic mass is 10.4. The van der Waals surface area contributed by atoms with Crippen LogP contribution in [0.5, 0.6) is 0 Å². The molecule has 0 aliphatic carbocycles. The Morgan fingerprint density at radius 2 is 2.38 bits per heavy atom. The smallest absolute Gasteiger partial charge is 0.0558 e. The largest absolute Gasteiger partial charge is 0.318 e. The summed E-state index contributed by atoms with van der Waals surface area (Å²) in [6.45, 7) is 3.00. The zero-order chi connectivity index (χ0) is 9.68. The Morgan fingerprint density at radius 1 is 1.62 bits per heavy atom. The molecule has 0 aliphatic rings. The summed E-state index contributed by atoms with van der Waals surface area (Å²) in [5, 5.41) is 6.04. The molecule has 1 heterocycles. The molecule has 0 spiro atoms. The summed E-state index contributed by atoms with van der Waals surface area (Å²) >= 11 is 7.70. The molecular formula is C9H15ClN2S. The van der Waals surface area contributed by atoms with Gasteiger partial charge in [0.2, 0.25) is 0 Å². The van der Waals surface area contributed by atoms with Gasteiger partial charge < -0.3 is 5.32 Å². The van der Waals surface area contributed by atoms with E-state index in [1.807, 2.05) is 18.5 Å². The molecule has 1 aromatic rings. The van der Waals surface area contributed by atoms with Gasteiger partial charge in [0, 0.05) is 24.5 Å². The molecule has 1 aromatic heterocycles. The van der Waals surface area contributed by atoms with Crippen LogP contribution in [0.15, 0.2) is 11.4 Å². The molecule has 0 bridgehead atoms. The first-order valence-electron chi connectivity index (χ1n) is 4.29. The van der Waals surface area contributed by atoms with Crippen LogP contribution in [0.4, 0.5) is 0 Å². The van der Waals surface area contributed by atoms with Crippen LogP contribution in [0.2, 0.25) is 5.02 Å². The monoisotopic (exact) mass is 218 g/mol. The van der Waals surface area contributed by atoms with Crippen molar-refractivity contribution in [3.8, 4) is 0 Å². The maximum Gasteiger partial charge on any atom is 0.0558 e. The van der Waals surface area contributed by atoms with Gasteiger partial charge in [0.1, 0.15) is 0 Å². The van der Waals surface area contributed by atoms with Gasteiger partial charge in [0.15, 0.2) is 0 Å². The summed E-state index contributed by atoms with van der Waals surface area (Å²) in [6, 6.07) is 1.95. The molecule has 1 N–H and O–H groups in total. The van der Waals surface area contributed by atoms with Crippen molar-refractivity contribution < 1.29 is 0 Å². The van der Waals surface area contributed by atoms with E-state index in [2.05, 4.69) is 17.3 Å². The van der Waals surface area contributed by atoms with Crippen molar-refractivity contribution in [3.63, 3.8) is 0 Å². The standard InChI is InChI=1S/C9H15ClN2S/c1-11-4-5-12(2)7-9-8(10)3-6-13-9/h3,6,11H,4-5,7H2,1-2H3. The highest BCUT2D eigenvalue weighted by molar-refractivity contribution is 7.10. The quantitative estimate of drug-likeness (QED) is 0.814. The second-order valence-corrected chi connectivity index (χ2v) is 4.44. The lowest BCUT2D eigenvalue weighted by Gasteiger charge is -2.15. The van der Waals surface area contributed by atoms with Crippen LogP contribution >= 0.6 is 22.9 Å². The van der Waals surface area contributed by atoms with Gasteiger partial charge in [0.05, 0.1) is 5.02 Å². The molecule has 0 fully saturated rings. The highest BCUT2D eigenvalue weighted by atomic mass is 35.5. The van der Waals surface area contributed by atoms with Crippen molar-refractivity contribution in [2.45, 2.75) is 6.54 Å². The Labute approximate surface area is 88.5 Å². The van der Waals surface area contributed by atoms with Crippen molar-refractivity contribution in [2.24, 2.45) is 0 Å². The maximum absolute atomic E-state index is 5.99. The van der Waals surface area contributed by atoms with E-state index in [0.717, 1.165) is 24.7 Å². The molecule has 4 heteroatoms. The molecule has 0 atom stereocenters. The van der Waals surface area contributed by atoms with Crippen molar-refractivity contribution in [1.29, 1.82) is 0 Å². The van der Waals surface area contributed by atoms with Gasteiger partial charge in [0.25, 0.3) is 0 Å². The number of nitrogens with one attached hydrogen (secondary N) is 1. The summed E-state index contributed by atoms with van der Waals surface area (Å²) < 4.78 is 0. The summed E-state index contributed by atoms with van der Waals surface area (Å²) in [5.74, 6) is 0. The number of nitrogens with zero attached hydrogens (tertiary/aromatic N) is 1. The molecule has 0 radical (unpaired) electrons. The van der Waals surface area contributed by atoms with Gasteiger partial charge in [-0.15, -0.1) is 11.3 Å². The first-order valence-corrected chi connectivity index (χ1v) is 5.55. The van der Waals surface area contributed by atoms with Gasteiger partial charge in [-0.2, -0.15) is 0 Å². The van der Waals surface area contributed by atoms with E-state index in [-0.39, 0.29) is 0 Å². The van der Waals surface area contributed by atoms with Crippen molar-refractivity contribution in [3.05, 3.63) is 21.3 Å². The number of hydrogen-bond donors (Lipinski definition) is 1. The lowest BCUT2D eigenvalue weighted by Crippen LogP contribution is -2.26. The molecule has 0 aliphatic heterocycles. The van der Waals surface area contributed by atoms with Crippen LogP contribution in [-0.4, -0.2) is 32.1 Å². The first kappa shape index (κ1) is 11.0. The van der Waals surface area contributed by atoms with E-state index in [9.17, 15) is 0 Å². The Morgan fingerprint density at radius 3 is 2.92 bits per heavy atom. The molecule has 0 saturated carbocycles. The van der Waals surface area contributed by atoms with Gasteiger partial charge >= 0.3 is 0 Å². The molecule has 2 nitrogen and oxygen atoms in total. The number of halogens is 1. The molecular weight excluding hydrogens is 204 g/mol. The molecule has 13 heavy (non-hydrogen) atoms. The SMILES string of the molecule is CNCCN(C)Cc1sccc1Cl. The number of likely N-dealkylation sites (N-methyl/N-ethyl adjacent to an activating group) is 2. The third kappa shape index (κ3) is 3.65. The highest BCUT2D eigenvalue weighted by Crippen LogP contribution is 2.22. The zero-order valence-corrected chi connectivity index (χ0v) is 9.58. The van der Waals surface area contributed by atoms with E-state index in [4.69, 9.17) is 11.6 Å². The fourth-order valence-corrected chi connectivity index (χ4v) is 2.24. The summed E-state index contributed by atoms with van der Waals surface area (Å²) in [4.78, 5) is 3.51. The van der Waals surface area contributed by atoms with E-state index in [1.165, 1.54) is 4.88 Å². The molecule has 0 saturated heterocycles. The predicted octanol–water partition coefficient (Wildman–Crippen LogP) is 2.05. The Kier molecular flexibility index (Phi) is 4.73.